The molecule has 1 heterocycles. The van der Waals surface area contributed by atoms with Gasteiger partial charge in [0.15, 0.2) is 0 Å². The lowest BCUT2D eigenvalue weighted by molar-refractivity contribution is 0.861. The van der Waals surface area contributed by atoms with Crippen LogP contribution in [0.5, 0.6) is 0 Å². The summed E-state index contributed by atoms with van der Waals surface area (Å²) in [5, 5.41) is 4.10. The van der Waals surface area contributed by atoms with Crippen LogP contribution in [-0.2, 0) is 13.0 Å². The molecule has 1 aromatic carbocycles. The topological polar surface area (TPSA) is 63.8 Å². The summed E-state index contributed by atoms with van der Waals surface area (Å²) in [5.74, 6) is 0.918. The van der Waals surface area contributed by atoms with E-state index in [4.69, 9.17) is 5.73 Å². The number of para-hydroxylation sites is 1. The highest BCUT2D eigenvalue weighted by Crippen LogP contribution is 2.16. The lowest BCUT2D eigenvalue weighted by Gasteiger charge is -2.05. The minimum Gasteiger partial charge on any atom is -0.398 e. The van der Waals surface area contributed by atoms with Gasteiger partial charge in [0.1, 0.15) is 5.82 Å². The highest BCUT2D eigenvalue weighted by atomic mass is 32.1. The van der Waals surface area contributed by atoms with Gasteiger partial charge < -0.3 is 11.1 Å². The standard InChI is InChI=1S/C12H16N4S/c1-2-5-11-15-12(17-16-11)14-8-9-6-3-4-7-10(9)13/h3-4,6-7H,2,5,8,13H2,1H3,(H,14,15,16). The van der Waals surface area contributed by atoms with Gasteiger partial charge in [0.2, 0.25) is 5.13 Å². The summed E-state index contributed by atoms with van der Waals surface area (Å²) in [5.41, 5.74) is 7.75. The normalized spacial score (nSPS) is 10.4. The Kier molecular flexibility index (Phi) is 3.93. The van der Waals surface area contributed by atoms with E-state index in [1.807, 2.05) is 24.3 Å². The predicted molar refractivity (Wildman–Crippen MR) is 72.1 cm³/mol. The molecule has 17 heavy (non-hydrogen) atoms. The molecule has 1 aromatic heterocycles. The van der Waals surface area contributed by atoms with Crippen molar-refractivity contribution >= 4 is 22.4 Å². The number of aromatic nitrogens is 2. The SMILES string of the molecule is CCCc1nsc(NCc2ccccc2N)n1. The second-order valence-corrected chi connectivity index (χ2v) is 4.57. The molecule has 2 rings (SSSR count). The van der Waals surface area contributed by atoms with Crippen LogP contribution in [0.25, 0.3) is 0 Å². The molecule has 0 aliphatic heterocycles. The Balaban J connectivity index is 1.95. The van der Waals surface area contributed by atoms with E-state index in [1.165, 1.54) is 11.5 Å². The molecule has 90 valence electrons. The second kappa shape index (κ2) is 5.63. The van der Waals surface area contributed by atoms with Gasteiger partial charge in [-0.05, 0) is 18.1 Å². The van der Waals surface area contributed by atoms with Crippen LogP contribution in [0.1, 0.15) is 24.7 Å². The van der Waals surface area contributed by atoms with Crippen molar-refractivity contribution < 1.29 is 0 Å². The van der Waals surface area contributed by atoms with E-state index in [2.05, 4.69) is 21.6 Å². The Labute approximate surface area is 105 Å². The fourth-order valence-electron chi connectivity index (χ4n) is 1.52. The molecule has 0 spiro atoms. The summed E-state index contributed by atoms with van der Waals surface area (Å²) >= 11 is 1.40. The van der Waals surface area contributed by atoms with Crippen molar-refractivity contribution in [1.82, 2.24) is 9.36 Å². The smallest absolute Gasteiger partial charge is 0.202 e. The van der Waals surface area contributed by atoms with Crippen molar-refractivity contribution in [3.63, 3.8) is 0 Å². The fraction of sp³-hybridized carbons (Fsp3) is 0.333. The quantitative estimate of drug-likeness (QED) is 0.798. The summed E-state index contributed by atoms with van der Waals surface area (Å²) in [6, 6.07) is 7.83. The molecule has 0 aliphatic carbocycles. The number of nitrogens with one attached hydrogen (secondary N) is 1. The zero-order valence-electron chi connectivity index (χ0n) is 9.81. The van der Waals surface area contributed by atoms with Crippen molar-refractivity contribution in [2.75, 3.05) is 11.1 Å². The van der Waals surface area contributed by atoms with E-state index in [0.717, 1.165) is 35.0 Å². The highest BCUT2D eigenvalue weighted by molar-refractivity contribution is 7.09. The van der Waals surface area contributed by atoms with E-state index in [1.54, 1.807) is 0 Å². The van der Waals surface area contributed by atoms with Gasteiger partial charge in [-0.2, -0.15) is 4.37 Å². The molecule has 2 aromatic rings. The molecule has 5 heteroatoms. The summed E-state index contributed by atoms with van der Waals surface area (Å²) in [6.07, 6.45) is 2.01. The second-order valence-electron chi connectivity index (χ2n) is 3.82. The lowest BCUT2D eigenvalue weighted by atomic mass is 10.2. The van der Waals surface area contributed by atoms with Crippen LogP contribution in [0, 0.1) is 0 Å². The molecule has 0 fully saturated rings. The minimum atomic E-state index is 0.688. The molecule has 0 unspecified atom stereocenters. The number of nitrogens with zero attached hydrogens (tertiary/aromatic N) is 2. The monoisotopic (exact) mass is 248 g/mol. The third-order valence-corrected chi connectivity index (χ3v) is 3.14. The first-order valence-corrected chi connectivity index (χ1v) is 6.46. The molecular formula is C12H16N4S. The number of hydrogen-bond acceptors (Lipinski definition) is 5. The Bertz CT molecular complexity index is 481. The number of nitrogens with two attached hydrogens (primary N) is 1. The number of rotatable bonds is 5. The van der Waals surface area contributed by atoms with Gasteiger partial charge in [0.25, 0.3) is 0 Å². The molecule has 4 nitrogen and oxygen atoms in total. The van der Waals surface area contributed by atoms with E-state index < -0.39 is 0 Å². The largest absolute Gasteiger partial charge is 0.398 e. The van der Waals surface area contributed by atoms with Gasteiger partial charge in [-0.25, -0.2) is 4.98 Å². The summed E-state index contributed by atoms with van der Waals surface area (Å²) in [7, 11) is 0. The Morgan fingerprint density at radius 2 is 2.18 bits per heavy atom. The third kappa shape index (κ3) is 3.17. The van der Waals surface area contributed by atoms with Gasteiger partial charge in [0.05, 0.1) is 0 Å². The van der Waals surface area contributed by atoms with E-state index >= 15 is 0 Å². The molecule has 0 amide bonds. The van der Waals surface area contributed by atoms with Crippen LogP contribution >= 0.6 is 11.5 Å². The maximum atomic E-state index is 5.86. The van der Waals surface area contributed by atoms with Crippen molar-refractivity contribution in [1.29, 1.82) is 0 Å². The van der Waals surface area contributed by atoms with Crippen molar-refractivity contribution in [3.05, 3.63) is 35.7 Å². The summed E-state index contributed by atoms with van der Waals surface area (Å²) in [6.45, 7) is 2.81. The molecule has 3 N–H and O–H groups in total. The first kappa shape index (κ1) is 11.9. The number of benzene rings is 1. The van der Waals surface area contributed by atoms with Crippen LogP contribution in [0.2, 0.25) is 0 Å². The Morgan fingerprint density at radius 1 is 1.35 bits per heavy atom. The fourth-order valence-corrected chi connectivity index (χ4v) is 2.12. The highest BCUT2D eigenvalue weighted by Gasteiger charge is 2.03. The third-order valence-electron chi connectivity index (χ3n) is 2.43. The van der Waals surface area contributed by atoms with Gasteiger partial charge in [-0.15, -0.1) is 0 Å². The van der Waals surface area contributed by atoms with Crippen molar-refractivity contribution in [2.24, 2.45) is 0 Å². The zero-order valence-corrected chi connectivity index (χ0v) is 10.6. The van der Waals surface area contributed by atoms with Crippen molar-refractivity contribution in [3.8, 4) is 0 Å². The summed E-state index contributed by atoms with van der Waals surface area (Å²) < 4.78 is 4.28. The van der Waals surface area contributed by atoms with E-state index in [0.29, 0.717) is 6.54 Å². The lowest BCUT2D eigenvalue weighted by Crippen LogP contribution is -2.02. The molecule has 0 saturated heterocycles. The predicted octanol–water partition coefficient (Wildman–Crippen LogP) is 2.68. The maximum Gasteiger partial charge on any atom is 0.202 e. The molecule has 0 atom stereocenters. The van der Waals surface area contributed by atoms with Crippen LogP contribution < -0.4 is 11.1 Å². The van der Waals surface area contributed by atoms with Gasteiger partial charge in [-0.1, -0.05) is 25.1 Å². The van der Waals surface area contributed by atoms with Gasteiger partial charge in [0, 0.05) is 30.2 Å². The van der Waals surface area contributed by atoms with E-state index in [9.17, 15) is 0 Å². The number of nitrogen functional groups attached to an aromatic ring is 1. The molecule has 0 bridgehead atoms. The minimum absolute atomic E-state index is 0.688. The van der Waals surface area contributed by atoms with Crippen molar-refractivity contribution in [2.45, 2.75) is 26.3 Å². The Hall–Kier alpha value is -1.62. The number of anilines is 2. The molecule has 0 saturated carbocycles. The first-order chi connectivity index (χ1) is 8.29. The zero-order chi connectivity index (χ0) is 12.1. The molecule has 0 radical (unpaired) electrons. The van der Waals surface area contributed by atoms with Gasteiger partial charge >= 0.3 is 0 Å². The van der Waals surface area contributed by atoms with Crippen LogP contribution in [-0.4, -0.2) is 9.36 Å². The first-order valence-electron chi connectivity index (χ1n) is 5.69. The van der Waals surface area contributed by atoms with Crippen LogP contribution in [0.4, 0.5) is 10.8 Å². The average molecular weight is 248 g/mol. The van der Waals surface area contributed by atoms with Crippen LogP contribution in [0.15, 0.2) is 24.3 Å². The van der Waals surface area contributed by atoms with Crippen LogP contribution in [0.3, 0.4) is 0 Å². The number of hydrogen-bond donors (Lipinski definition) is 2. The van der Waals surface area contributed by atoms with E-state index in [-0.39, 0.29) is 0 Å². The maximum absolute atomic E-state index is 5.86. The Morgan fingerprint density at radius 3 is 2.94 bits per heavy atom. The van der Waals surface area contributed by atoms with Gasteiger partial charge in [-0.3, -0.25) is 0 Å². The summed E-state index contributed by atoms with van der Waals surface area (Å²) in [4.78, 5) is 4.40. The molecular weight excluding hydrogens is 232 g/mol. The average Bonchev–Trinajstić information content (AvgIpc) is 2.76. The molecule has 0 aliphatic rings. The number of aryl methyl sites for hydroxylation is 1.